The molecule has 0 saturated carbocycles. The maximum absolute atomic E-state index is 12.9. The normalized spacial score (nSPS) is 14.8. The molecule has 126 valence electrons. The van der Waals surface area contributed by atoms with Crippen molar-refractivity contribution in [3.63, 3.8) is 0 Å². The van der Waals surface area contributed by atoms with Crippen LogP contribution in [-0.2, 0) is 5.60 Å². The third kappa shape index (κ3) is 3.02. The molecule has 1 unspecified atom stereocenters. The van der Waals surface area contributed by atoms with Crippen LogP contribution in [0, 0.1) is 0 Å². The summed E-state index contributed by atoms with van der Waals surface area (Å²) in [5.41, 5.74) is -5.84. The quantitative estimate of drug-likeness (QED) is 0.823. The van der Waals surface area contributed by atoms with Gasteiger partial charge in [0, 0.05) is 5.56 Å². The Hall–Kier alpha value is -1.44. The molecule has 1 atom stereocenters. The van der Waals surface area contributed by atoms with E-state index in [1.807, 2.05) is 6.92 Å². The fraction of sp³-hybridized carbons (Fsp3) is 0.571. The minimum absolute atomic E-state index is 0.0761. The zero-order valence-corrected chi connectivity index (χ0v) is 12.1. The fourth-order valence-electron chi connectivity index (χ4n) is 2.02. The van der Waals surface area contributed by atoms with Crippen LogP contribution in [0.4, 0.5) is 26.3 Å². The van der Waals surface area contributed by atoms with Crippen molar-refractivity contribution < 1.29 is 36.2 Å². The second-order valence-corrected chi connectivity index (χ2v) is 4.97. The average Bonchev–Trinajstić information content (AvgIpc) is 2.42. The highest BCUT2D eigenvalue weighted by Gasteiger charge is 2.72. The summed E-state index contributed by atoms with van der Waals surface area (Å²) in [6.45, 7) is 3.60. The summed E-state index contributed by atoms with van der Waals surface area (Å²) in [6.07, 6.45) is -11.2. The molecule has 1 N–H and O–H groups in total. The lowest BCUT2D eigenvalue weighted by Crippen LogP contribution is -2.54. The molecule has 0 aromatic heterocycles. The largest absolute Gasteiger partial charge is 0.496 e. The van der Waals surface area contributed by atoms with Crippen LogP contribution >= 0.6 is 0 Å². The molecular weight excluding hydrogens is 314 g/mol. The summed E-state index contributed by atoms with van der Waals surface area (Å²) < 4.78 is 82.1. The number of hydrogen-bond acceptors (Lipinski definition) is 2. The second-order valence-electron chi connectivity index (χ2n) is 4.97. The minimum Gasteiger partial charge on any atom is -0.496 e. The van der Waals surface area contributed by atoms with Gasteiger partial charge < -0.3 is 9.84 Å². The number of methoxy groups -OCH3 is 1. The summed E-state index contributed by atoms with van der Waals surface area (Å²) in [4.78, 5) is 0. The van der Waals surface area contributed by atoms with E-state index in [1.54, 1.807) is 6.92 Å². The van der Waals surface area contributed by atoms with Crippen molar-refractivity contribution in [2.45, 2.75) is 44.1 Å². The van der Waals surface area contributed by atoms with Gasteiger partial charge in [0.1, 0.15) is 5.75 Å². The van der Waals surface area contributed by atoms with Gasteiger partial charge in [0.15, 0.2) is 0 Å². The lowest BCUT2D eigenvalue weighted by molar-refractivity contribution is -0.376. The summed E-state index contributed by atoms with van der Waals surface area (Å²) >= 11 is 0. The lowest BCUT2D eigenvalue weighted by atomic mass is 9.88. The zero-order chi connectivity index (χ0) is 17.3. The van der Waals surface area contributed by atoms with Crippen molar-refractivity contribution in [1.29, 1.82) is 0 Å². The van der Waals surface area contributed by atoms with Crippen molar-refractivity contribution in [2.24, 2.45) is 0 Å². The molecule has 0 aliphatic rings. The Morgan fingerprint density at radius 3 is 1.95 bits per heavy atom. The first-order valence-corrected chi connectivity index (χ1v) is 6.44. The molecule has 1 aromatic carbocycles. The van der Waals surface area contributed by atoms with Crippen molar-refractivity contribution in [3.05, 3.63) is 29.3 Å². The van der Waals surface area contributed by atoms with Gasteiger partial charge in [0.05, 0.1) is 7.11 Å². The van der Waals surface area contributed by atoms with E-state index in [9.17, 15) is 31.4 Å². The monoisotopic (exact) mass is 330 g/mol. The maximum Gasteiger partial charge on any atom is 0.430 e. The van der Waals surface area contributed by atoms with Crippen molar-refractivity contribution in [2.75, 3.05) is 7.11 Å². The van der Waals surface area contributed by atoms with Crippen molar-refractivity contribution in [3.8, 4) is 5.75 Å². The summed E-state index contributed by atoms with van der Waals surface area (Å²) in [7, 11) is 0.951. The van der Waals surface area contributed by atoms with E-state index >= 15 is 0 Å². The van der Waals surface area contributed by atoms with Gasteiger partial charge in [-0.25, -0.2) is 0 Å². The fourth-order valence-corrected chi connectivity index (χ4v) is 2.02. The van der Waals surface area contributed by atoms with Crippen molar-refractivity contribution in [1.82, 2.24) is 0 Å². The van der Waals surface area contributed by atoms with E-state index in [0.29, 0.717) is 18.1 Å². The molecule has 0 spiro atoms. The Labute approximate surface area is 123 Å². The number of rotatable bonds is 4. The first kappa shape index (κ1) is 18.6. The van der Waals surface area contributed by atoms with E-state index in [2.05, 4.69) is 4.74 Å². The smallest absolute Gasteiger partial charge is 0.430 e. The Balaban J connectivity index is 3.58. The first-order valence-electron chi connectivity index (χ1n) is 6.44. The van der Waals surface area contributed by atoms with Gasteiger partial charge in [-0.05, 0) is 24.0 Å². The molecule has 0 aliphatic carbocycles. The predicted octanol–water partition coefficient (Wildman–Crippen LogP) is 4.52. The van der Waals surface area contributed by atoms with E-state index in [0.717, 1.165) is 19.2 Å². The SMILES string of the molecule is CCC(C)c1ccc(C(O)(C(F)(F)F)C(F)(F)F)c(OC)c1. The predicted molar refractivity (Wildman–Crippen MR) is 67.7 cm³/mol. The molecule has 0 saturated heterocycles. The van der Waals surface area contributed by atoms with Crippen LogP contribution in [0.2, 0.25) is 0 Å². The Kier molecular flexibility index (Phi) is 5.06. The highest BCUT2D eigenvalue weighted by Crippen LogP contribution is 2.52. The van der Waals surface area contributed by atoms with E-state index in [1.165, 1.54) is 0 Å². The van der Waals surface area contributed by atoms with Crippen LogP contribution in [0.15, 0.2) is 18.2 Å². The number of hydrogen-bond donors (Lipinski definition) is 1. The first-order chi connectivity index (χ1) is 9.90. The summed E-state index contributed by atoms with van der Waals surface area (Å²) in [5, 5.41) is 9.42. The van der Waals surface area contributed by atoms with Crippen LogP contribution in [0.1, 0.15) is 37.3 Å². The molecule has 0 heterocycles. The van der Waals surface area contributed by atoms with Crippen LogP contribution in [-0.4, -0.2) is 24.6 Å². The third-order valence-electron chi connectivity index (χ3n) is 3.62. The van der Waals surface area contributed by atoms with Gasteiger partial charge in [-0.1, -0.05) is 26.0 Å². The highest BCUT2D eigenvalue weighted by molar-refractivity contribution is 5.44. The number of benzene rings is 1. The topological polar surface area (TPSA) is 29.5 Å². The van der Waals surface area contributed by atoms with Crippen LogP contribution in [0.3, 0.4) is 0 Å². The van der Waals surface area contributed by atoms with Crippen LogP contribution in [0.25, 0.3) is 0 Å². The Bertz CT molecular complexity index is 507. The number of ether oxygens (including phenoxy) is 1. The average molecular weight is 330 g/mol. The molecule has 0 fully saturated rings. The van der Waals surface area contributed by atoms with Gasteiger partial charge in [-0.3, -0.25) is 0 Å². The standard InChI is InChI=1S/C14H16F6O2/c1-4-8(2)9-5-6-10(11(7-9)22-3)12(21,13(15,16)17)14(18,19)20/h5-8,21H,4H2,1-3H3. The second kappa shape index (κ2) is 5.98. The van der Waals surface area contributed by atoms with Gasteiger partial charge in [0.25, 0.3) is 5.60 Å². The molecule has 0 bridgehead atoms. The molecule has 0 amide bonds. The number of aliphatic hydroxyl groups is 1. The maximum atomic E-state index is 12.9. The molecule has 1 rings (SSSR count). The molecule has 1 aromatic rings. The third-order valence-corrected chi connectivity index (χ3v) is 3.62. The Morgan fingerprint density at radius 1 is 1.09 bits per heavy atom. The van der Waals surface area contributed by atoms with Gasteiger partial charge in [0.2, 0.25) is 0 Å². The molecular formula is C14H16F6O2. The van der Waals surface area contributed by atoms with Crippen LogP contribution in [0.5, 0.6) is 5.75 Å². The summed E-state index contributed by atoms with van der Waals surface area (Å²) in [6, 6.07) is 2.84. The van der Waals surface area contributed by atoms with E-state index < -0.39 is 29.3 Å². The van der Waals surface area contributed by atoms with Gasteiger partial charge >= 0.3 is 12.4 Å². The molecule has 0 radical (unpaired) electrons. The summed E-state index contributed by atoms with van der Waals surface area (Å²) in [5.74, 6) is -0.734. The van der Waals surface area contributed by atoms with Crippen molar-refractivity contribution >= 4 is 0 Å². The highest BCUT2D eigenvalue weighted by atomic mass is 19.4. The molecule has 22 heavy (non-hydrogen) atoms. The van der Waals surface area contributed by atoms with Gasteiger partial charge in [-0.2, -0.15) is 26.3 Å². The molecule has 8 heteroatoms. The van der Waals surface area contributed by atoms with E-state index in [-0.39, 0.29) is 5.92 Å². The number of halogens is 6. The molecule has 2 nitrogen and oxygen atoms in total. The minimum atomic E-state index is -5.93. The van der Waals surface area contributed by atoms with E-state index in [4.69, 9.17) is 0 Å². The van der Waals surface area contributed by atoms with Crippen LogP contribution < -0.4 is 4.74 Å². The lowest BCUT2D eigenvalue weighted by Gasteiger charge is -2.33. The van der Waals surface area contributed by atoms with Gasteiger partial charge in [-0.15, -0.1) is 0 Å². The Morgan fingerprint density at radius 2 is 1.59 bits per heavy atom. The molecule has 0 aliphatic heterocycles. The zero-order valence-electron chi connectivity index (χ0n) is 12.1. The number of alkyl halides is 6.